The van der Waals surface area contributed by atoms with Gasteiger partial charge in [-0.3, -0.25) is 9.59 Å². The third kappa shape index (κ3) is 2.13. The van der Waals surface area contributed by atoms with Crippen molar-refractivity contribution in [2.75, 3.05) is 9.80 Å². The standard InChI is InChI=1S/C20H20N2O2/c1-13-11-15-7-3-5-9-17(15)21(13)19(23)20(24)22-14(2)12-16-8-4-6-10-18(16)22/h3-10,13-14H,11-12H2,1-2H3/t13-,14+. The number of anilines is 2. The zero-order valence-electron chi connectivity index (χ0n) is 13.9. The average molecular weight is 320 g/mol. The van der Waals surface area contributed by atoms with Crippen molar-refractivity contribution in [2.45, 2.75) is 38.8 Å². The lowest BCUT2D eigenvalue weighted by atomic mass is 10.1. The predicted molar refractivity (Wildman–Crippen MR) is 94.2 cm³/mol. The summed E-state index contributed by atoms with van der Waals surface area (Å²) >= 11 is 0. The third-order valence-electron chi connectivity index (χ3n) is 5.04. The van der Waals surface area contributed by atoms with Gasteiger partial charge in [-0.1, -0.05) is 36.4 Å². The molecule has 2 aliphatic heterocycles. The predicted octanol–water partition coefficient (Wildman–Crippen LogP) is 2.94. The van der Waals surface area contributed by atoms with Crippen molar-refractivity contribution >= 4 is 23.2 Å². The lowest BCUT2D eigenvalue weighted by Gasteiger charge is -2.27. The van der Waals surface area contributed by atoms with Crippen LogP contribution in [0.4, 0.5) is 11.4 Å². The molecule has 2 amide bonds. The molecule has 0 aliphatic carbocycles. The third-order valence-corrected chi connectivity index (χ3v) is 5.04. The van der Waals surface area contributed by atoms with Gasteiger partial charge in [-0.15, -0.1) is 0 Å². The van der Waals surface area contributed by atoms with E-state index in [1.807, 2.05) is 62.4 Å². The second-order valence-corrected chi connectivity index (χ2v) is 6.71. The summed E-state index contributed by atoms with van der Waals surface area (Å²) in [6, 6.07) is 15.7. The van der Waals surface area contributed by atoms with E-state index in [1.165, 1.54) is 0 Å². The maximum absolute atomic E-state index is 13.0. The Morgan fingerprint density at radius 3 is 1.54 bits per heavy atom. The van der Waals surface area contributed by atoms with Crippen LogP contribution in [0, 0.1) is 0 Å². The van der Waals surface area contributed by atoms with Crippen molar-refractivity contribution in [1.29, 1.82) is 0 Å². The summed E-state index contributed by atoms with van der Waals surface area (Å²) < 4.78 is 0. The monoisotopic (exact) mass is 320 g/mol. The van der Waals surface area contributed by atoms with Gasteiger partial charge in [0.05, 0.1) is 0 Å². The summed E-state index contributed by atoms with van der Waals surface area (Å²) in [5, 5.41) is 0. The maximum Gasteiger partial charge on any atom is 0.317 e. The second-order valence-electron chi connectivity index (χ2n) is 6.71. The number of benzene rings is 2. The second kappa shape index (κ2) is 5.48. The van der Waals surface area contributed by atoms with Gasteiger partial charge in [-0.25, -0.2) is 0 Å². The molecule has 4 heteroatoms. The normalized spacial score (nSPS) is 21.6. The minimum Gasteiger partial charge on any atom is -0.301 e. The SMILES string of the molecule is C[C@@H]1Cc2ccccc2N1C(=O)C(=O)N1c2ccccc2C[C@@H]1C. The van der Waals surface area contributed by atoms with E-state index in [0.29, 0.717) is 0 Å². The number of carbonyl (C=O) groups excluding carboxylic acids is 2. The van der Waals surface area contributed by atoms with Crippen LogP contribution in [-0.4, -0.2) is 23.9 Å². The van der Waals surface area contributed by atoms with E-state index in [0.717, 1.165) is 35.3 Å². The molecule has 0 spiro atoms. The number of hydrogen-bond acceptors (Lipinski definition) is 2. The summed E-state index contributed by atoms with van der Waals surface area (Å²) in [4.78, 5) is 29.3. The lowest BCUT2D eigenvalue weighted by Crippen LogP contribution is -2.49. The van der Waals surface area contributed by atoms with Gasteiger partial charge in [-0.2, -0.15) is 0 Å². The Balaban J connectivity index is 1.67. The minimum atomic E-state index is -0.434. The van der Waals surface area contributed by atoms with E-state index in [1.54, 1.807) is 9.80 Å². The molecule has 0 saturated heterocycles. The molecule has 2 aromatic carbocycles. The van der Waals surface area contributed by atoms with Crippen LogP contribution < -0.4 is 9.80 Å². The number of carbonyl (C=O) groups is 2. The number of amides is 2. The quantitative estimate of drug-likeness (QED) is 0.700. The zero-order valence-corrected chi connectivity index (χ0v) is 13.9. The highest BCUT2D eigenvalue weighted by molar-refractivity contribution is 6.45. The molecule has 0 N–H and O–H groups in total. The first-order valence-corrected chi connectivity index (χ1v) is 8.40. The number of fused-ring (bicyclic) bond motifs is 2. The molecule has 2 aromatic rings. The van der Waals surface area contributed by atoms with Crippen molar-refractivity contribution in [3.63, 3.8) is 0 Å². The molecule has 0 bridgehead atoms. The van der Waals surface area contributed by atoms with E-state index < -0.39 is 11.8 Å². The molecule has 0 radical (unpaired) electrons. The van der Waals surface area contributed by atoms with Crippen molar-refractivity contribution in [3.05, 3.63) is 59.7 Å². The van der Waals surface area contributed by atoms with Crippen LogP contribution in [0.2, 0.25) is 0 Å². The van der Waals surface area contributed by atoms with Crippen LogP contribution in [0.3, 0.4) is 0 Å². The topological polar surface area (TPSA) is 40.6 Å². The smallest absolute Gasteiger partial charge is 0.301 e. The number of para-hydroxylation sites is 2. The van der Waals surface area contributed by atoms with Crippen molar-refractivity contribution in [3.8, 4) is 0 Å². The van der Waals surface area contributed by atoms with Crippen molar-refractivity contribution in [1.82, 2.24) is 0 Å². The van der Waals surface area contributed by atoms with E-state index in [2.05, 4.69) is 0 Å². The highest BCUT2D eigenvalue weighted by Crippen LogP contribution is 2.35. The summed E-state index contributed by atoms with van der Waals surface area (Å²) in [6.45, 7) is 3.99. The Labute approximate surface area is 141 Å². The highest BCUT2D eigenvalue weighted by atomic mass is 16.2. The van der Waals surface area contributed by atoms with Crippen LogP contribution in [0.25, 0.3) is 0 Å². The molecule has 0 fully saturated rings. The van der Waals surface area contributed by atoms with Gasteiger partial charge < -0.3 is 9.80 Å². The summed E-state index contributed by atoms with van der Waals surface area (Å²) in [5.74, 6) is -0.869. The Kier molecular flexibility index (Phi) is 3.41. The lowest BCUT2D eigenvalue weighted by molar-refractivity contribution is -0.136. The van der Waals surface area contributed by atoms with Gasteiger partial charge in [0.2, 0.25) is 0 Å². The maximum atomic E-state index is 13.0. The minimum absolute atomic E-state index is 0.00648. The molecule has 122 valence electrons. The van der Waals surface area contributed by atoms with E-state index in [9.17, 15) is 9.59 Å². The first-order valence-electron chi connectivity index (χ1n) is 8.40. The van der Waals surface area contributed by atoms with Crippen LogP contribution in [0.1, 0.15) is 25.0 Å². The molecular formula is C20H20N2O2. The average Bonchev–Trinajstić information content (AvgIpc) is 3.08. The van der Waals surface area contributed by atoms with Crippen molar-refractivity contribution in [2.24, 2.45) is 0 Å². The summed E-state index contributed by atoms with van der Waals surface area (Å²) in [5.41, 5.74) is 3.98. The van der Waals surface area contributed by atoms with Gasteiger partial charge in [-0.05, 0) is 49.9 Å². The summed E-state index contributed by atoms with van der Waals surface area (Å²) in [7, 11) is 0. The largest absolute Gasteiger partial charge is 0.317 e. The van der Waals surface area contributed by atoms with Gasteiger partial charge in [0.15, 0.2) is 0 Å². The molecule has 24 heavy (non-hydrogen) atoms. The fourth-order valence-corrected chi connectivity index (χ4v) is 3.96. The fourth-order valence-electron chi connectivity index (χ4n) is 3.96. The zero-order chi connectivity index (χ0) is 16.8. The van der Waals surface area contributed by atoms with Gasteiger partial charge >= 0.3 is 11.8 Å². The molecule has 4 rings (SSSR count). The Hall–Kier alpha value is -2.62. The highest BCUT2D eigenvalue weighted by Gasteiger charge is 2.40. The van der Waals surface area contributed by atoms with Crippen LogP contribution in [0.5, 0.6) is 0 Å². The number of nitrogens with zero attached hydrogens (tertiary/aromatic N) is 2. The molecule has 0 saturated carbocycles. The van der Waals surface area contributed by atoms with Crippen LogP contribution >= 0.6 is 0 Å². The van der Waals surface area contributed by atoms with Crippen LogP contribution in [-0.2, 0) is 22.4 Å². The Bertz CT molecular complexity index is 760. The Morgan fingerprint density at radius 1 is 0.750 bits per heavy atom. The van der Waals surface area contributed by atoms with Crippen LogP contribution in [0.15, 0.2) is 48.5 Å². The molecule has 2 atom stereocenters. The van der Waals surface area contributed by atoms with Gasteiger partial charge in [0.1, 0.15) is 0 Å². The molecule has 2 aliphatic rings. The first-order chi connectivity index (χ1) is 11.6. The van der Waals surface area contributed by atoms with E-state index in [4.69, 9.17) is 0 Å². The Morgan fingerprint density at radius 2 is 1.12 bits per heavy atom. The number of rotatable bonds is 0. The summed E-state index contributed by atoms with van der Waals surface area (Å²) in [6.07, 6.45) is 1.59. The fraction of sp³-hybridized carbons (Fsp3) is 0.300. The molecule has 4 nitrogen and oxygen atoms in total. The molecule has 2 heterocycles. The molecule has 0 aromatic heterocycles. The molecular weight excluding hydrogens is 300 g/mol. The van der Waals surface area contributed by atoms with Crippen molar-refractivity contribution < 1.29 is 9.59 Å². The van der Waals surface area contributed by atoms with E-state index >= 15 is 0 Å². The number of hydrogen-bond donors (Lipinski definition) is 0. The molecule has 0 unspecified atom stereocenters. The first kappa shape index (κ1) is 14.9. The van der Waals surface area contributed by atoms with Gasteiger partial charge in [0, 0.05) is 23.5 Å². The van der Waals surface area contributed by atoms with Gasteiger partial charge in [0.25, 0.3) is 0 Å². The van der Waals surface area contributed by atoms with E-state index in [-0.39, 0.29) is 12.1 Å².